The molecule has 5 nitrogen and oxygen atoms in total. The Bertz CT molecular complexity index is 419. The van der Waals surface area contributed by atoms with Gasteiger partial charge in [0.05, 0.1) is 4.92 Å². The first-order valence-electron chi connectivity index (χ1n) is 6.27. The van der Waals surface area contributed by atoms with E-state index in [-0.39, 0.29) is 10.6 Å². The van der Waals surface area contributed by atoms with Gasteiger partial charge in [-0.05, 0) is 26.0 Å². The molecule has 1 saturated heterocycles. The molecule has 0 amide bonds. The molecule has 1 heterocycles. The third kappa shape index (κ3) is 2.68. The zero-order chi connectivity index (χ0) is 13.1. The predicted octanol–water partition coefficient (Wildman–Crippen LogP) is 1.95. The van der Waals surface area contributed by atoms with Crippen LogP contribution in [0.25, 0.3) is 0 Å². The van der Waals surface area contributed by atoms with Gasteiger partial charge in [-0.25, -0.2) is 0 Å². The Kier molecular flexibility index (Phi) is 3.93. The second-order valence-corrected chi connectivity index (χ2v) is 4.79. The van der Waals surface area contributed by atoms with Crippen molar-refractivity contribution in [1.82, 2.24) is 10.2 Å². The maximum absolute atomic E-state index is 10.6. The molecule has 18 heavy (non-hydrogen) atoms. The summed E-state index contributed by atoms with van der Waals surface area (Å²) in [5.41, 5.74) is 1.29. The van der Waals surface area contributed by atoms with Gasteiger partial charge < -0.3 is 5.32 Å². The van der Waals surface area contributed by atoms with Crippen molar-refractivity contribution in [3.8, 4) is 0 Å². The number of likely N-dealkylation sites (tertiary alicyclic amines) is 1. The van der Waals surface area contributed by atoms with E-state index in [1.165, 1.54) is 0 Å². The van der Waals surface area contributed by atoms with Crippen molar-refractivity contribution in [3.05, 3.63) is 39.9 Å². The Morgan fingerprint density at radius 2 is 2.11 bits per heavy atom. The molecule has 0 radical (unpaired) electrons. The maximum atomic E-state index is 10.6. The van der Waals surface area contributed by atoms with Gasteiger partial charge in [0.2, 0.25) is 0 Å². The molecule has 1 aliphatic rings. The van der Waals surface area contributed by atoms with Crippen LogP contribution in [-0.4, -0.2) is 36.0 Å². The first-order valence-corrected chi connectivity index (χ1v) is 6.27. The standard InChI is InChI=1S/C13H19N3O2/c1-10(15-8-7-12(9-15)14-2)11-3-5-13(6-4-11)16(17)18/h3-6,10,12,14H,7-9H2,1-2H3. The van der Waals surface area contributed by atoms with Crippen molar-refractivity contribution >= 4 is 5.69 Å². The second kappa shape index (κ2) is 5.46. The number of nitrogens with one attached hydrogen (secondary N) is 1. The lowest BCUT2D eigenvalue weighted by molar-refractivity contribution is -0.384. The highest BCUT2D eigenvalue weighted by molar-refractivity contribution is 5.34. The van der Waals surface area contributed by atoms with E-state index in [4.69, 9.17) is 0 Å². The molecule has 1 aliphatic heterocycles. The van der Waals surface area contributed by atoms with Gasteiger partial charge in [0.15, 0.2) is 0 Å². The first kappa shape index (κ1) is 13.0. The molecule has 98 valence electrons. The Labute approximate surface area is 107 Å². The summed E-state index contributed by atoms with van der Waals surface area (Å²) in [7, 11) is 1.99. The molecule has 1 N–H and O–H groups in total. The number of hydrogen-bond donors (Lipinski definition) is 1. The van der Waals surface area contributed by atoms with Crippen molar-refractivity contribution in [2.75, 3.05) is 20.1 Å². The number of nitro groups is 1. The van der Waals surface area contributed by atoms with Crippen LogP contribution in [0.4, 0.5) is 5.69 Å². The molecule has 0 spiro atoms. The van der Waals surface area contributed by atoms with E-state index in [0.717, 1.165) is 25.1 Å². The lowest BCUT2D eigenvalue weighted by Gasteiger charge is -2.24. The van der Waals surface area contributed by atoms with Crippen LogP contribution in [0.5, 0.6) is 0 Å². The van der Waals surface area contributed by atoms with Gasteiger partial charge in [0.1, 0.15) is 0 Å². The minimum Gasteiger partial charge on any atom is -0.316 e. The minimum atomic E-state index is -0.360. The summed E-state index contributed by atoms with van der Waals surface area (Å²) in [6, 6.07) is 7.74. The van der Waals surface area contributed by atoms with E-state index in [1.807, 2.05) is 19.2 Å². The zero-order valence-electron chi connectivity index (χ0n) is 10.8. The molecule has 0 bridgehead atoms. The van der Waals surface area contributed by atoms with Crippen LogP contribution in [0, 0.1) is 10.1 Å². The molecule has 1 aromatic rings. The quantitative estimate of drug-likeness (QED) is 0.654. The van der Waals surface area contributed by atoms with Crippen LogP contribution < -0.4 is 5.32 Å². The average molecular weight is 249 g/mol. The third-order valence-electron chi connectivity index (χ3n) is 3.76. The fourth-order valence-corrected chi connectivity index (χ4v) is 2.46. The van der Waals surface area contributed by atoms with Crippen molar-refractivity contribution in [2.45, 2.75) is 25.4 Å². The number of likely N-dealkylation sites (N-methyl/N-ethyl adjacent to an activating group) is 1. The average Bonchev–Trinajstić information content (AvgIpc) is 2.86. The molecular formula is C13H19N3O2. The van der Waals surface area contributed by atoms with Crippen LogP contribution in [-0.2, 0) is 0 Å². The number of rotatable bonds is 4. The number of benzene rings is 1. The highest BCUT2D eigenvalue weighted by atomic mass is 16.6. The fraction of sp³-hybridized carbons (Fsp3) is 0.538. The van der Waals surface area contributed by atoms with E-state index in [1.54, 1.807) is 12.1 Å². The lowest BCUT2D eigenvalue weighted by atomic mass is 10.1. The molecule has 2 atom stereocenters. The summed E-state index contributed by atoms with van der Waals surface area (Å²) in [6.07, 6.45) is 1.16. The second-order valence-electron chi connectivity index (χ2n) is 4.79. The number of hydrogen-bond acceptors (Lipinski definition) is 4. The van der Waals surface area contributed by atoms with Crippen LogP contribution in [0.1, 0.15) is 24.9 Å². The molecule has 0 aromatic heterocycles. The zero-order valence-corrected chi connectivity index (χ0v) is 10.8. The molecule has 0 aliphatic carbocycles. The topological polar surface area (TPSA) is 58.4 Å². The van der Waals surface area contributed by atoms with Gasteiger partial charge in [0, 0.05) is 37.3 Å². The van der Waals surface area contributed by atoms with Gasteiger partial charge in [-0.1, -0.05) is 12.1 Å². The summed E-state index contributed by atoms with van der Waals surface area (Å²) in [6.45, 7) is 4.26. The molecule has 0 saturated carbocycles. The third-order valence-corrected chi connectivity index (χ3v) is 3.76. The van der Waals surface area contributed by atoms with Gasteiger partial charge in [0.25, 0.3) is 5.69 Å². The van der Waals surface area contributed by atoms with Crippen molar-refractivity contribution in [2.24, 2.45) is 0 Å². The molecule has 1 fully saturated rings. The fourth-order valence-electron chi connectivity index (χ4n) is 2.46. The highest BCUT2D eigenvalue weighted by Gasteiger charge is 2.25. The SMILES string of the molecule is CNC1CCN(C(C)c2ccc([N+](=O)[O-])cc2)C1. The van der Waals surface area contributed by atoms with Crippen molar-refractivity contribution in [1.29, 1.82) is 0 Å². The lowest BCUT2D eigenvalue weighted by Crippen LogP contribution is -2.31. The van der Waals surface area contributed by atoms with E-state index in [2.05, 4.69) is 17.1 Å². The van der Waals surface area contributed by atoms with E-state index in [0.29, 0.717) is 12.1 Å². The van der Waals surface area contributed by atoms with Crippen LogP contribution in [0.2, 0.25) is 0 Å². The summed E-state index contributed by atoms with van der Waals surface area (Å²) < 4.78 is 0. The van der Waals surface area contributed by atoms with Gasteiger partial charge >= 0.3 is 0 Å². The van der Waals surface area contributed by atoms with E-state index in [9.17, 15) is 10.1 Å². The minimum absolute atomic E-state index is 0.153. The maximum Gasteiger partial charge on any atom is 0.269 e. The highest BCUT2D eigenvalue weighted by Crippen LogP contribution is 2.25. The van der Waals surface area contributed by atoms with Crippen LogP contribution >= 0.6 is 0 Å². The Hall–Kier alpha value is -1.46. The number of non-ortho nitro benzene ring substituents is 1. The summed E-state index contributed by atoms with van der Waals surface area (Å²) >= 11 is 0. The van der Waals surface area contributed by atoms with Crippen LogP contribution in [0.3, 0.4) is 0 Å². The summed E-state index contributed by atoms with van der Waals surface area (Å²) in [5, 5.41) is 13.9. The Morgan fingerprint density at radius 1 is 1.44 bits per heavy atom. The predicted molar refractivity (Wildman–Crippen MR) is 70.5 cm³/mol. The molecular weight excluding hydrogens is 230 g/mol. The monoisotopic (exact) mass is 249 g/mol. The first-order chi connectivity index (χ1) is 8.61. The van der Waals surface area contributed by atoms with E-state index < -0.39 is 0 Å². The molecule has 5 heteroatoms. The normalized spacial score (nSPS) is 22.0. The smallest absolute Gasteiger partial charge is 0.269 e. The molecule has 1 aromatic carbocycles. The number of nitrogens with zero attached hydrogens (tertiary/aromatic N) is 2. The van der Waals surface area contributed by atoms with Crippen molar-refractivity contribution < 1.29 is 4.92 Å². The molecule has 2 unspecified atom stereocenters. The van der Waals surface area contributed by atoms with Gasteiger partial charge in [-0.3, -0.25) is 15.0 Å². The van der Waals surface area contributed by atoms with Crippen molar-refractivity contribution in [3.63, 3.8) is 0 Å². The van der Waals surface area contributed by atoms with Gasteiger partial charge in [-0.15, -0.1) is 0 Å². The Morgan fingerprint density at radius 3 is 2.61 bits per heavy atom. The number of nitro benzene ring substituents is 1. The van der Waals surface area contributed by atoms with Crippen LogP contribution in [0.15, 0.2) is 24.3 Å². The largest absolute Gasteiger partial charge is 0.316 e. The summed E-state index contributed by atoms with van der Waals surface area (Å²) in [5.74, 6) is 0. The molecule has 2 rings (SSSR count). The summed E-state index contributed by atoms with van der Waals surface area (Å²) in [4.78, 5) is 12.7. The van der Waals surface area contributed by atoms with E-state index >= 15 is 0 Å². The Balaban J connectivity index is 2.05. The van der Waals surface area contributed by atoms with Gasteiger partial charge in [-0.2, -0.15) is 0 Å².